The molecule has 0 aliphatic rings. The third-order valence-electron chi connectivity index (χ3n) is 2.97. The quantitative estimate of drug-likeness (QED) is 0.623. The van der Waals surface area contributed by atoms with E-state index in [1.165, 1.54) is 46.6 Å². The summed E-state index contributed by atoms with van der Waals surface area (Å²) in [7, 11) is 1.78. The highest BCUT2D eigenvalue weighted by Crippen LogP contribution is 2.33. The van der Waals surface area contributed by atoms with Crippen LogP contribution in [0.4, 0.5) is 18.3 Å². The molecule has 0 spiro atoms. The van der Waals surface area contributed by atoms with E-state index < -0.39 is 11.7 Å². The molecule has 0 aliphatic heterocycles. The number of rotatable bonds is 5. The minimum atomic E-state index is -4.32. The lowest BCUT2D eigenvalue weighted by molar-refractivity contribution is -0.137. The van der Waals surface area contributed by atoms with Crippen LogP contribution in [0.1, 0.15) is 11.3 Å². The van der Waals surface area contributed by atoms with Crippen molar-refractivity contribution in [3.8, 4) is 10.6 Å². The molecule has 0 amide bonds. The molecule has 0 atom stereocenters. The summed E-state index contributed by atoms with van der Waals surface area (Å²) in [6.45, 7) is 0. The van der Waals surface area contributed by atoms with Gasteiger partial charge in [0.1, 0.15) is 5.01 Å². The second-order valence-electron chi connectivity index (χ2n) is 4.63. The Labute approximate surface area is 148 Å². The number of nitrogens with one attached hydrogen (secondary N) is 1. The first-order valence-electron chi connectivity index (χ1n) is 6.72. The zero-order valence-electron chi connectivity index (χ0n) is 12.3. The van der Waals surface area contributed by atoms with Crippen LogP contribution in [-0.2, 0) is 11.9 Å². The number of nitrogens with zero attached hydrogens (tertiary/aromatic N) is 3. The number of halogens is 3. The second kappa shape index (κ2) is 7.08. The predicted molar refractivity (Wildman–Crippen MR) is 91.6 cm³/mol. The maximum atomic E-state index is 12.6. The van der Waals surface area contributed by atoms with Crippen molar-refractivity contribution < 1.29 is 13.2 Å². The van der Waals surface area contributed by atoms with Gasteiger partial charge in [0.15, 0.2) is 4.34 Å². The molecular formula is C14H11F3N4S3. The van der Waals surface area contributed by atoms with Gasteiger partial charge >= 0.3 is 6.18 Å². The SMILES string of the molecule is CNc1nnc(SCc2csc(-c3ccc(C(F)(F)F)cc3)n2)s1. The van der Waals surface area contributed by atoms with Gasteiger partial charge in [-0.25, -0.2) is 4.98 Å². The van der Waals surface area contributed by atoms with Crippen molar-refractivity contribution in [2.45, 2.75) is 16.3 Å². The first kappa shape index (κ1) is 17.2. The van der Waals surface area contributed by atoms with Gasteiger partial charge in [-0.15, -0.1) is 21.5 Å². The first-order chi connectivity index (χ1) is 11.5. The van der Waals surface area contributed by atoms with Gasteiger partial charge in [-0.05, 0) is 12.1 Å². The monoisotopic (exact) mass is 388 g/mol. The Kier molecular flexibility index (Phi) is 5.07. The third kappa shape index (κ3) is 4.05. The summed E-state index contributed by atoms with van der Waals surface area (Å²) in [4.78, 5) is 4.47. The molecule has 3 aromatic rings. The minimum absolute atomic E-state index is 0.634. The molecule has 24 heavy (non-hydrogen) atoms. The van der Waals surface area contributed by atoms with Gasteiger partial charge < -0.3 is 5.32 Å². The standard InChI is InChI=1S/C14H11F3N4S3/c1-18-12-20-21-13(24-12)23-7-10-6-22-11(19-10)8-2-4-9(5-3-8)14(15,16)17/h2-6H,7H2,1H3,(H,18,20). The largest absolute Gasteiger partial charge is 0.416 e. The maximum absolute atomic E-state index is 12.6. The van der Waals surface area contributed by atoms with E-state index in [0.717, 1.165) is 27.3 Å². The Morgan fingerprint density at radius 2 is 1.92 bits per heavy atom. The summed E-state index contributed by atoms with van der Waals surface area (Å²) in [6.07, 6.45) is -4.32. The van der Waals surface area contributed by atoms with Crippen LogP contribution in [0, 0.1) is 0 Å². The van der Waals surface area contributed by atoms with E-state index in [0.29, 0.717) is 16.3 Å². The van der Waals surface area contributed by atoms with Gasteiger partial charge in [-0.3, -0.25) is 0 Å². The van der Waals surface area contributed by atoms with Crippen LogP contribution >= 0.6 is 34.4 Å². The van der Waals surface area contributed by atoms with Crippen LogP contribution in [-0.4, -0.2) is 22.2 Å². The van der Waals surface area contributed by atoms with Crippen molar-refractivity contribution in [3.05, 3.63) is 40.9 Å². The van der Waals surface area contributed by atoms with Gasteiger partial charge in [-0.2, -0.15) is 13.2 Å². The lowest BCUT2D eigenvalue weighted by atomic mass is 10.1. The van der Waals surface area contributed by atoms with Crippen LogP contribution in [0.15, 0.2) is 34.0 Å². The molecule has 0 saturated carbocycles. The number of hydrogen-bond acceptors (Lipinski definition) is 7. The normalized spacial score (nSPS) is 11.7. The summed E-state index contributed by atoms with van der Waals surface area (Å²) in [5, 5.41) is 14.3. The summed E-state index contributed by atoms with van der Waals surface area (Å²) < 4.78 is 38.6. The Morgan fingerprint density at radius 1 is 1.17 bits per heavy atom. The van der Waals surface area contributed by atoms with E-state index in [2.05, 4.69) is 20.5 Å². The average molecular weight is 388 g/mol. The fourth-order valence-corrected chi connectivity index (χ4v) is 4.34. The molecule has 126 valence electrons. The lowest BCUT2D eigenvalue weighted by Crippen LogP contribution is -2.03. The third-order valence-corrected chi connectivity index (χ3v) is 6.02. The molecule has 0 unspecified atom stereocenters. The summed E-state index contributed by atoms with van der Waals surface area (Å²) in [5.41, 5.74) is 0.883. The summed E-state index contributed by atoms with van der Waals surface area (Å²) in [6, 6.07) is 5.04. The molecule has 0 bridgehead atoms. The molecule has 1 N–H and O–H groups in total. The highest BCUT2D eigenvalue weighted by molar-refractivity contribution is 8.00. The molecule has 0 saturated heterocycles. The van der Waals surface area contributed by atoms with E-state index in [9.17, 15) is 13.2 Å². The molecule has 10 heteroatoms. The number of aromatic nitrogens is 3. The zero-order chi connectivity index (χ0) is 17.2. The molecule has 0 radical (unpaired) electrons. The number of alkyl halides is 3. The molecule has 0 aliphatic carbocycles. The van der Waals surface area contributed by atoms with E-state index in [-0.39, 0.29) is 0 Å². The van der Waals surface area contributed by atoms with Gasteiger partial charge in [0.25, 0.3) is 0 Å². The molecule has 1 aromatic carbocycles. The van der Waals surface area contributed by atoms with Crippen molar-refractivity contribution in [3.63, 3.8) is 0 Å². The van der Waals surface area contributed by atoms with Gasteiger partial charge in [0, 0.05) is 23.7 Å². The number of thioether (sulfide) groups is 1. The number of anilines is 1. The highest BCUT2D eigenvalue weighted by Gasteiger charge is 2.30. The van der Waals surface area contributed by atoms with Crippen molar-refractivity contribution in [1.82, 2.24) is 15.2 Å². The molecule has 3 rings (SSSR count). The van der Waals surface area contributed by atoms with E-state index in [1.54, 1.807) is 7.05 Å². The zero-order valence-corrected chi connectivity index (χ0v) is 14.7. The fourth-order valence-electron chi connectivity index (χ4n) is 1.81. The molecule has 0 fully saturated rings. The number of benzene rings is 1. The minimum Gasteiger partial charge on any atom is -0.363 e. The average Bonchev–Trinajstić information content (AvgIpc) is 3.21. The topological polar surface area (TPSA) is 50.7 Å². The van der Waals surface area contributed by atoms with Crippen LogP contribution in [0.3, 0.4) is 0 Å². The fraction of sp³-hybridized carbons (Fsp3) is 0.214. The lowest BCUT2D eigenvalue weighted by Gasteiger charge is -2.06. The first-order valence-corrected chi connectivity index (χ1v) is 9.40. The Bertz CT molecular complexity index is 811. The predicted octanol–water partition coefficient (Wildman–Crippen LogP) is 5.01. The Balaban J connectivity index is 1.66. The highest BCUT2D eigenvalue weighted by atomic mass is 32.2. The smallest absolute Gasteiger partial charge is 0.363 e. The van der Waals surface area contributed by atoms with Crippen molar-refractivity contribution in [1.29, 1.82) is 0 Å². The number of thiazole rings is 1. The maximum Gasteiger partial charge on any atom is 0.416 e. The Morgan fingerprint density at radius 3 is 2.54 bits per heavy atom. The van der Waals surface area contributed by atoms with Crippen LogP contribution in [0.2, 0.25) is 0 Å². The summed E-state index contributed by atoms with van der Waals surface area (Å²) in [5.74, 6) is 0.634. The molecule has 2 aromatic heterocycles. The van der Waals surface area contributed by atoms with Gasteiger partial charge in [0.05, 0.1) is 11.3 Å². The number of hydrogen-bond donors (Lipinski definition) is 1. The van der Waals surface area contributed by atoms with E-state index >= 15 is 0 Å². The van der Waals surface area contributed by atoms with Crippen molar-refractivity contribution in [2.24, 2.45) is 0 Å². The van der Waals surface area contributed by atoms with Crippen molar-refractivity contribution >= 4 is 39.6 Å². The van der Waals surface area contributed by atoms with E-state index in [1.807, 2.05) is 5.38 Å². The summed E-state index contributed by atoms with van der Waals surface area (Å²) >= 11 is 4.39. The van der Waals surface area contributed by atoms with Crippen LogP contribution in [0.5, 0.6) is 0 Å². The van der Waals surface area contributed by atoms with Crippen LogP contribution < -0.4 is 5.32 Å². The molecule has 2 heterocycles. The second-order valence-corrected chi connectivity index (χ2v) is 7.69. The van der Waals surface area contributed by atoms with Gasteiger partial charge in [-0.1, -0.05) is 35.2 Å². The van der Waals surface area contributed by atoms with Gasteiger partial charge in [0.2, 0.25) is 5.13 Å². The molecule has 4 nitrogen and oxygen atoms in total. The Hall–Kier alpha value is -1.65. The van der Waals surface area contributed by atoms with E-state index in [4.69, 9.17) is 0 Å². The van der Waals surface area contributed by atoms with Crippen molar-refractivity contribution in [2.75, 3.05) is 12.4 Å². The molecular weight excluding hydrogens is 377 g/mol. The van der Waals surface area contributed by atoms with Crippen LogP contribution in [0.25, 0.3) is 10.6 Å².